The molecule has 1 atom stereocenters. The minimum Gasteiger partial charge on any atom is -0.356 e. The predicted molar refractivity (Wildman–Crippen MR) is 60.7 cm³/mol. The van der Waals surface area contributed by atoms with E-state index in [1.54, 1.807) is 6.92 Å². The molecule has 0 aromatic carbocycles. The van der Waals surface area contributed by atoms with E-state index < -0.39 is 0 Å². The van der Waals surface area contributed by atoms with Crippen LogP contribution >= 0.6 is 0 Å². The summed E-state index contributed by atoms with van der Waals surface area (Å²) in [5.41, 5.74) is 0. The van der Waals surface area contributed by atoms with Gasteiger partial charge in [0.15, 0.2) is 0 Å². The molecular formula is C11H22N2O2. The normalized spacial score (nSPS) is 12.6. The fraction of sp³-hybridized carbons (Fsp3) is 0.818. The number of hydrogen-bond donors (Lipinski definition) is 1. The number of carbonyl (C=O) groups is 2. The van der Waals surface area contributed by atoms with Crippen LogP contribution in [0, 0.1) is 0 Å². The van der Waals surface area contributed by atoms with Crippen molar-refractivity contribution in [3.05, 3.63) is 0 Å². The standard InChI is InChI=1S/C11H22N2O2/c1-5-12-11(15)8-10(9(4)14)13(6-2)7-3/h10H,5-8H2,1-4H3,(H,12,15)/t10-/m1/s1. The lowest BCUT2D eigenvalue weighted by Gasteiger charge is -2.26. The summed E-state index contributed by atoms with van der Waals surface area (Å²) in [5.74, 6) is 0.00885. The van der Waals surface area contributed by atoms with Gasteiger partial charge in [0, 0.05) is 13.0 Å². The van der Waals surface area contributed by atoms with Gasteiger partial charge < -0.3 is 5.32 Å². The van der Waals surface area contributed by atoms with Crippen molar-refractivity contribution in [2.75, 3.05) is 19.6 Å². The number of likely N-dealkylation sites (N-methyl/N-ethyl adjacent to an activating group) is 1. The van der Waals surface area contributed by atoms with Gasteiger partial charge in [-0.25, -0.2) is 0 Å². The van der Waals surface area contributed by atoms with Gasteiger partial charge >= 0.3 is 0 Å². The van der Waals surface area contributed by atoms with Gasteiger partial charge in [-0.1, -0.05) is 13.8 Å². The second kappa shape index (κ2) is 7.40. The van der Waals surface area contributed by atoms with Crippen LogP contribution < -0.4 is 5.32 Å². The molecule has 4 heteroatoms. The molecule has 0 bridgehead atoms. The Morgan fingerprint density at radius 2 is 1.73 bits per heavy atom. The molecule has 0 unspecified atom stereocenters. The minimum absolute atomic E-state index is 0.0513. The molecule has 15 heavy (non-hydrogen) atoms. The molecule has 0 spiro atoms. The molecule has 88 valence electrons. The second-order valence-corrected chi connectivity index (χ2v) is 3.51. The van der Waals surface area contributed by atoms with Crippen LogP contribution in [0.5, 0.6) is 0 Å². The van der Waals surface area contributed by atoms with Crippen molar-refractivity contribution in [2.24, 2.45) is 0 Å². The van der Waals surface area contributed by atoms with Crippen LogP contribution in [0.3, 0.4) is 0 Å². The SMILES string of the molecule is CCNC(=O)C[C@H](C(C)=O)N(CC)CC. The van der Waals surface area contributed by atoms with Gasteiger partial charge in [0.25, 0.3) is 0 Å². The van der Waals surface area contributed by atoms with E-state index in [-0.39, 0.29) is 24.2 Å². The molecule has 0 rings (SSSR count). The van der Waals surface area contributed by atoms with Gasteiger partial charge in [-0.2, -0.15) is 0 Å². The van der Waals surface area contributed by atoms with Gasteiger partial charge in [-0.15, -0.1) is 0 Å². The lowest BCUT2D eigenvalue weighted by molar-refractivity contribution is -0.129. The zero-order chi connectivity index (χ0) is 11.8. The third-order valence-corrected chi connectivity index (χ3v) is 2.48. The molecule has 0 aliphatic rings. The highest BCUT2D eigenvalue weighted by molar-refractivity contribution is 5.88. The molecule has 4 nitrogen and oxygen atoms in total. The van der Waals surface area contributed by atoms with Gasteiger partial charge in [-0.05, 0) is 26.9 Å². The number of Topliss-reactive ketones (excluding diaryl/α,β-unsaturated/α-hetero) is 1. The number of carbonyl (C=O) groups excluding carboxylic acids is 2. The van der Waals surface area contributed by atoms with Crippen LogP contribution in [0.15, 0.2) is 0 Å². The number of rotatable bonds is 7. The third kappa shape index (κ3) is 4.93. The first-order valence-electron chi connectivity index (χ1n) is 5.57. The summed E-state index contributed by atoms with van der Waals surface area (Å²) in [7, 11) is 0. The lowest BCUT2D eigenvalue weighted by Crippen LogP contribution is -2.43. The predicted octanol–water partition coefficient (Wildman–Crippen LogP) is 0.812. The molecule has 0 fully saturated rings. The Kier molecular flexibility index (Phi) is 6.96. The van der Waals surface area contributed by atoms with Crippen LogP contribution in [-0.2, 0) is 9.59 Å². The molecule has 0 saturated carbocycles. The van der Waals surface area contributed by atoms with Crippen molar-refractivity contribution in [1.82, 2.24) is 10.2 Å². The van der Waals surface area contributed by atoms with E-state index in [2.05, 4.69) is 5.32 Å². The van der Waals surface area contributed by atoms with Crippen molar-refractivity contribution in [3.8, 4) is 0 Å². The van der Waals surface area contributed by atoms with Crippen LogP contribution in [0.25, 0.3) is 0 Å². The smallest absolute Gasteiger partial charge is 0.222 e. The van der Waals surface area contributed by atoms with Crippen molar-refractivity contribution in [2.45, 2.75) is 40.2 Å². The zero-order valence-electron chi connectivity index (χ0n) is 10.2. The fourth-order valence-corrected chi connectivity index (χ4v) is 1.64. The monoisotopic (exact) mass is 214 g/mol. The summed E-state index contributed by atoms with van der Waals surface area (Å²) < 4.78 is 0. The van der Waals surface area contributed by atoms with Crippen molar-refractivity contribution >= 4 is 11.7 Å². The molecule has 0 aromatic heterocycles. The molecule has 0 aliphatic heterocycles. The summed E-state index contributed by atoms with van der Waals surface area (Å²) in [5, 5.41) is 2.72. The first kappa shape index (κ1) is 14.1. The number of nitrogens with one attached hydrogen (secondary N) is 1. The van der Waals surface area contributed by atoms with Crippen LogP contribution in [0.4, 0.5) is 0 Å². The Labute approximate surface area is 92.0 Å². The van der Waals surface area contributed by atoms with Gasteiger partial charge in [0.2, 0.25) is 5.91 Å². The van der Waals surface area contributed by atoms with Gasteiger partial charge in [-0.3, -0.25) is 14.5 Å². The van der Waals surface area contributed by atoms with E-state index >= 15 is 0 Å². The molecular weight excluding hydrogens is 192 g/mol. The Balaban J connectivity index is 4.39. The Morgan fingerprint density at radius 1 is 1.20 bits per heavy atom. The molecule has 0 heterocycles. The maximum atomic E-state index is 11.4. The molecule has 0 radical (unpaired) electrons. The van der Waals surface area contributed by atoms with E-state index in [1.807, 2.05) is 25.7 Å². The van der Waals surface area contributed by atoms with E-state index in [0.29, 0.717) is 6.54 Å². The highest BCUT2D eigenvalue weighted by Crippen LogP contribution is 2.05. The Bertz CT molecular complexity index is 213. The van der Waals surface area contributed by atoms with Crippen LogP contribution in [0.1, 0.15) is 34.1 Å². The fourth-order valence-electron chi connectivity index (χ4n) is 1.64. The number of nitrogens with zero attached hydrogens (tertiary/aromatic N) is 1. The van der Waals surface area contributed by atoms with Crippen LogP contribution in [-0.4, -0.2) is 42.3 Å². The van der Waals surface area contributed by atoms with Crippen molar-refractivity contribution in [3.63, 3.8) is 0 Å². The Hall–Kier alpha value is -0.900. The number of amides is 1. The Morgan fingerprint density at radius 3 is 2.07 bits per heavy atom. The van der Waals surface area contributed by atoms with Crippen molar-refractivity contribution in [1.29, 1.82) is 0 Å². The summed E-state index contributed by atoms with van der Waals surface area (Å²) in [6, 6.07) is -0.272. The summed E-state index contributed by atoms with van der Waals surface area (Å²) in [6.07, 6.45) is 0.269. The highest BCUT2D eigenvalue weighted by atomic mass is 16.2. The summed E-state index contributed by atoms with van der Waals surface area (Å²) >= 11 is 0. The quantitative estimate of drug-likeness (QED) is 0.682. The first-order valence-corrected chi connectivity index (χ1v) is 5.57. The molecule has 1 amide bonds. The molecule has 1 N–H and O–H groups in total. The average molecular weight is 214 g/mol. The largest absolute Gasteiger partial charge is 0.356 e. The van der Waals surface area contributed by atoms with E-state index in [9.17, 15) is 9.59 Å². The van der Waals surface area contributed by atoms with Gasteiger partial charge in [0.1, 0.15) is 5.78 Å². The van der Waals surface area contributed by atoms with Gasteiger partial charge in [0.05, 0.1) is 6.04 Å². The number of hydrogen-bond acceptors (Lipinski definition) is 3. The first-order chi connectivity index (χ1) is 7.06. The van der Waals surface area contributed by atoms with Crippen molar-refractivity contribution < 1.29 is 9.59 Å². The molecule has 0 aromatic rings. The maximum absolute atomic E-state index is 11.4. The van der Waals surface area contributed by atoms with E-state index in [4.69, 9.17) is 0 Å². The van der Waals surface area contributed by atoms with Crippen LogP contribution in [0.2, 0.25) is 0 Å². The average Bonchev–Trinajstić information content (AvgIpc) is 2.18. The number of ketones is 1. The van der Waals surface area contributed by atoms with E-state index in [1.165, 1.54) is 0 Å². The van der Waals surface area contributed by atoms with E-state index in [0.717, 1.165) is 13.1 Å². The summed E-state index contributed by atoms with van der Waals surface area (Å²) in [6.45, 7) is 9.61. The molecule has 0 saturated heterocycles. The second-order valence-electron chi connectivity index (χ2n) is 3.51. The maximum Gasteiger partial charge on any atom is 0.222 e. The minimum atomic E-state index is -0.272. The summed E-state index contributed by atoms with van der Waals surface area (Å²) in [4.78, 5) is 24.8. The lowest BCUT2D eigenvalue weighted by atomic mass is 10.1. The third-order valence-electron chi connectivity index (χ3n) is 2.48. The molecule has 0 aliphatic carbocycles. The highest BCUT2D eigenvalue weighted by Gasteiger charge is 2.22. The topological polar surface area (TPSA) is 49.4 Å². The zero-order valence-corrected chi connectivity index (χ0v) is 10.2.